The van der Waals surface area contributed by atoms with E-state index >= 15 is 0 Å². The molecule has 2 heterocycles. The van der Waals surface area contributed by atoms with Crippen molar-refractivity contribution in [1.29, 1.82) is 0 Å². The number of anilines is 2. The molecule has 4 rings (SSSR count). The average Bonchev–Trinajstić information content (AvgIpc) is 3.05. The molecular weight excluding hydrogens is 500 g/mol. The fraction of sp³-hybridized carbons (Fsp3) is 0.160. The number of nitrogens with zero attached hydrogens (tertiary/aromatic N) is 3. The molecule has 1 N–H and O–H groups in total. The van der Waals surface area contributed by atoms with Crippen LogP contribution in [-0.2, 0) is 9.59 Å². The van der Waals surface area contributed by atoms with Crippen molar-refractivity contribution in [2.75, 3.05) is 23.9 Å². The fourth-order valence-corrected chi connectivity index (χ4v) is 4.41. The van der Waals surface area contributed by atoms with E-state index in [1.165, 1.54) is 4.90 Å². The van der Waals surface area contributed by atoms with Crippen molar-refractivity contribution in [3.05, 3.63) is 81.6 Å². The number of aryl methyl sites for hydroxylation is 1. The van der Waals surface area contributed by atoms with Gasteiger partial charge in [0.1, 0.15) is 5.57 Å². The van der Waals surface area contributed by atoms with Crippen molar-refractivity contribution < 1.29 is 9.59 Å². The molecule has 8 heteroatoms. The number of aromatic nitrogens is 1. The number of nitrogens with one attached hydrogen (secondary N) is 1. The van der Waals surface area contributed by atoms with Gasteiger partial charge in [-0.25, -0.2) is 0 Å². The number of thiocarbonyl (C=S) groups is 1. The maximum atomic E-state index is 13.3. The van der Waals surface area contributed by atoms with Gasteiger partial charge in [0.25, 0.3) is 11.8 Å². The highest BCUT2D eigenvalue weighted by atomic mass is 79.9. The average molecular weight is 523 g/mol. The van der Waals surface area contributed by atoms with Crippen molar-refractivity contribution in [3.8, 4) is 5.69 Å². The molecule has 0 radical (unpaired) electrons. The molecule has 0 spiro atoms. The molecule has 0 saturated carbocycles. The van der Waals surface area contributed by atoms with Gasteiger partial charge in [0.2, 0.25) is 0 Å². The van der Waals surface area contributed by atoms with Crippen molar-refractivity contribution in [2.24, 2.45) is 0 Å². The van der Waals surface area contributed by atoms with Crippen molar-refractivity contribution >= 4 is 62.5 Å². The highest BCUT2D eigenvalue weighted by Crippen LogP contribution is 2.27. The van der Waals surface area contributed by atoms with E-state index in [-0.39, 0.29) is 10.7 Å². The van der Waals surface area contributed by atoms with Crippen LogP contribution in [0.25, 0.3) is 11.8 Å². The van der Waals surface area contributed by atoms with E-state index in [0.29, 0.717) is 5.69 Å². The first-order valence-corrected chi connectivity index (χ1v) is 11.5. The zero-order valence-corrected chi connectivity index (χ0v) is 21.1. The molecule has 0 unspecified atom stereocenters. The lowest BCUT2D eigenvalue weighted by molar-refractivity contribution is -0.122. The molecule has 33 heavy (non-hydrogen) atoms. The number of rotatable bonds is 4. The largest absolute Gasteiger partial charge is 0.378 e. The minimum absolute atomic E-state index is 0.0368. The summed E-state index contributed by atoms with van der Waals surface area (Å²) < 4.78 is 2.99. The Morgan fingerprint density at radius 3 is 2.18 bits per heavy atom. The van der Waals surface area contributed by atoms with Gasteiger partial charge in [-0.2, -0.15) is 0 Å². The fourth-order valence-electron chi connectivity index (χ4n) is 3.87. The normalized spacial score (nSPS) is 15.2. The molecular formula is C25H23BrN4O2S. The summed E-state index contributed by atoms with van der Waals surface area (Å²) in [6.07, 6.45) is 1.64. The minimum Gasteiger partial charge on any atom is -0.378 e. The molecule has 2 amide bonds. The number of amides is 2. The summed E-state index contributed by atoms with van der Waals surface area (Å²) >= 11 is 8.67. The summed E-state index contributed by atoms with van der Waals surface area (Å²) in [7, 11) is 4.00. The molecule has 1 aliphatic heterocycles. The first-order valence-electron chi connectivity index (χ1n) is 10.3. The zero-order valence-electron chi connectivity index (χ0n) is 18.7. The number of carbonyl (C=O) groups is 2. The Morgan fingerprint density at radius 1 is 0.970 bits per heavy atom. The van der Waals surface area contributed by atoms with Gasteiger partial charge < -0.3 is 9.47 Å². The zero-order chi connectivity index (χ0) is 23.9. The molecule has 0 aliphatic carbocycles. The van der Waals surface area contributed by atoms with E-state index in [4.69, 9.17) is 12.2 Å². The Balaban J connectivity index is 1.72. The lowest BCUT2D eigenvalue weighted by Gasteiger charge is -2.29. The van der Waals surface area contributed by atoms with Gasteiger partial charge in [0.05, 0.1) is 5.69 Å². The monoisotopic (exact) mass is 522 g/mol. The van der Waals surface area contributed by atoms with Crippen LogP contribution in [0.15, 0.2) is 64.6 Å². The second-order valence-corrected chi connectivity index (χ2v) is 9.31. The maximum Gasteiger partial charge on any atom is 0.270 e. The van der Waals surface area contributed by atoms with Gasteiger partial charge in [-0.15, -0.1) is 0 Å². The molecule has 1 fully saturated rings. The van der Waals surface area contributed by atoms with Crippen molar-refractivity contribution in [1.82, 2.24) is 9.88 Å². The van der Waals surface area contributed by atoms with Crippen LogP contribution in [-0.4, -0.2) is 35.6 Å². The van der Waals surface area contributed by atoms with Gasteiger partial charge >= 0.3 is 0 Å². The Bertz CT molecular complexity index is 1290. The standard InChI is InChI=1S/C25H23BrN4O2S/c1-15-13-17(16(2)29(15)20-11-9-19(10-12-20)28(3)4)14-22-23(31)27-25(33)30(24(22)32)21-7-5-18(26)6-8-21/h5-14H,1-4H3,(H,27,31,33)/b22-14-. The van der Waals surface area contributed by atoms with Gasteiger partial charge in [-0.1, -0.05) is 15.9 Å². The molecule has 0 atom stereocenters. The third-order valence-corrected chi connectivity index (χ3v) is 6.39. The summed E-state index contributed by atoms with van der Waals surface area (Å²) in [5.74, 6) is -0.954. The van der Waals surface area contributed by atoms with Crippen molar-refractivity contribution in [3.63, 3.8) is 0 Å². The Labute approximate surface area is 206 Å². The van der Waals surface area contributed by atoms with E-state index in [0.717, 1.165) is 32.8 Å². The summed E-state index contributed by atoms with van der Waals surface area (Å²) in [5.41, 5.74) is 5.48. The molecule has 1 aliphatic rings. The molecule has 1 saturated heterocycles. The molecule has 1 aromatic heterocycles. The van der Waals surface area contributed by atoms with Crippen LogP contribution in [0.2, 0.25) is 0 Å². The van der Waals surface area contributed by atoms with Gasteiger partial charge in [-0.05, 0) is 92.3 Å². The number of halogens is 1. The highest BCUT2D eigenvalue weighted by Gasteiger charge is 2.34. The molecule has 6 nitrogen and oxygen atoms in total. The van der Waals surface area contributed by atoms with Crippen LogP contribution in [0.4, 0.5) is 11.4 Å². The molecule has 2 aromatic carbocycles. The Morgan fingerprint density at radius 2 is 1.58 bits per heavy atom. The second kappa shape index (κ2) is 8.96. The summed E-state index contributed by atoms with van der Waals surface area (Å²) in [4.78, 5) is 29.4. The van der Waals surface area contributed by atoms with E-state index in [1.54, 1.807) is 18.2 Å². The second-order valence-electron chi connectivity index (χ2n) is 8.01. The third-order valence-electron chi connectivity index (χ3n) is 5.58. The smallest absolute Gasteiger partial charge is 0.270 e. The first-order chi connectivity index (χ1) is 15.7. The minimum atomic E-state index is -0.501. The molecule has 168 valence electrons. The predicted molar refractivity (Wildman–Crippen MR) is 140 cm³/mol. The number of hydrogen-bond acceptors (Lipinski definition) is 4. The van der Waals surface area contributed by atoms with Gasteiger partial charge in [-0.3, -0.25) is 19.8 Å². The topological polar surface area (TPSA) is 57.6 Å². The van der Waals surface area contributed by atoms with E-state index in [9.17, 15) is 9.59 Å². The Hall–Kier alpha value is -3.23. The lowest BCUT2D eigenvalue weighted by atomic mass is 10.1. The third kappa shape index (κ3) is 4.36. The SMILES string of the molecule is Cc1cc(/C=C2/C(=O)NC(=S)N(c3ccc(Br)cc3)C2=O)c(C)n1-c1ccc(N(C)C)cc1. The van der Waals surface area contributed by atoms with Crippen LogP contribution in [0.1, 0.15) is 17.0 Å². The molecule has 3 aromatic rings. The lowest BCUT2D eigenvalue weighted by Crippen LogP contribution is -2.54. The van der Waals surface area contributed by atoms with Crippen LogP contribution >= 0.6 is 28.1 Å². The first kappa shape index (κ1) is 22.9. The Kier molecular flexibility index (Phi) is 6.23. The van der Waals surface area contributed by atoms with Gasteiger partial charge in [0, 0.05) is 41.3 Å². The predicted octanol–water partition coefficient (Wildman–Crippen LogP) is 4.75. The number of hydrogen-bond donors (Lipinski definition) is 1. The van der Waals surface area contributed by atoms with E-state index < -0.39 is 11.8 Å². The van der Waals surface area contributed by atoms with Crippen LogP contribution in [0.3, 0.4) is 0 Å². The number of benzene rings is 2. The van der Waals surface area contributed by atoms with Gasteiger partial charge in [0.15, 0.2) is 5.11 Å². The maximum absolute atomic E-state index is 13.3. The van der Waals surface area contributed by atoms with Crippen molar-refractivity contribution in [2.45, 2.75) is 13.8 Å². The molecule has 0 bridgehead atoms. The van der Waals surface area contributed by atoms with Crippen LogP contribution in [0, 0.1) is 13.8 Å². The quantitative estimate of drug-likeness (QED) is 0.305. The van der Waals surface area contributed by atoms with E-state index in [2.05, 4.69) is 50.1 Å². The summed E-state index contributed by atoms with van der Waals surface area (Å²) in [5, 5.41) is 2.70. The van der Waals surface area contributed by atoms with Crippen LogP contribution < -0.4 is 15.1 Å². The summed E-state index contributed by atoms with van der Waals surface area (Å²) in [6, 6.07) is 17.4. The van der Waals surface area contributed by atoms with Crippen LogP contribution in [0.5, 0.6) is 0 Å². The highest BCUT2D eigenvalue weighted by molar-refractivity contribution is 9.10. The summed E-state index contributed by atoms with van der Waals surface area (Å²) in [6.45, 7) is 3.97. The number of carbonyl (C=O) groups excluding carboxylic acids is 2. The van der Waals surface area contributed by atoms with E-state index in [1.807, 2.05) is 51.0 Å².